The standard InChI is InChI=1S/C16H15BO2.C2H6.CH3.Y/c1-17-15-9-12(7-8-14(15)11-19-17)10-16(18)13-5-3-2-4-6-13;1-2;;/h2-9H,10-11H2,1H3;1-2H3;1H3;/q;;-1;. The van der Waals surface area contributed by atoms with Crippen LogP contribution < -0.4 is 5.46 Å². The molecule has 0 saturated heterocycles. The third kappa shape index (κ3) is 5.67. The summed E-state index contributed by atoms with van der Waals surface area (Å²) in [5.74, 6) is 0.159. The van der Waals surface area contributed by atoms with E-state index in [1.165, 1.54) is 11.0 Å². The van der Waals surface area contributed by atoms with Crippen molar-refractivity contribution in [3.63, 3.8) is 0 Å². The summed E-state index contributed by atoms with van der Waals surface area (Å²) in [6.45, 7) is 6.87. The van der Waals surface area contributed by atoms with Crippen molar-refractivity contribution in [2.75, 3.05) is 0 Å². The van der Waals surface area contributed by atoms with Crippen molar-refractivity contribution in [1.29, 1.82) is 0 Å². The zero-order valence-corrected chi connectivity index (χ0v) is 17.3. The molecule has 4 heteroatoms. The zero-order valence-electron chi connectivity index (χ0n) is 14.5. The summed E-state index contributed by atoms with van der Waals surface area (Å²) in [4.78, 5) is 12.2. The molecule has 119 valence electrons. The molecule has 0 fully saturated rings. The molecule has 1 aliphatic rings. The largest absolute Gasteiger partial charge is 0.427 e. The Hall–Kier alpha value is -0.761. The van der Waals surface area contributed by atoms with Crippen molar-refractivity contribution in [2.45, 2.75) is 33.7 Å². The third-order valence-electron chi connectivity index (χ3n) is 3.60. The average molecular weight is 384 g/mol. The second-order valence-corrected chi connectivity index (χ2v) is 4.95. The van der Waals surface area contributed by atoms with Crippen LogP contribution in [0.5, 0.6) is 0 Å². The van der Waals surface area contributed by atoms with Gasteiger partial charge in [0.25, 0.3) is 0 Å². The second kappa shape index (κ2) is 10.9. The fourth-order valence-electron chi connectivity index (χ4n) is 2.48. The van der Waals surface area contributed by atoms with Crippen molar-refractivity contribution in [3.8, 4) is 0 Å². The molecule has 2 aromatic carbocycles. The van der Waals surface area contributed by atoms with Crippen molar-refractivity contribution in [1.82, 2.24) is 0 Å². The minimum Gasteiger partial charge on any atom is -0.427 e. The van der Waals surface area contributed by atoms with Crippen molar-refractivity contribution < 1.29 is 42.2 Å². The Morgan fingerprint density at radius 1 is 1.13 bits per heavy atom. The van der Waals surface area contributed by atoms with Gasteiger partial charge in [0.2, 0.25) is 0 Å². The number of fused-ring (bicyclic) bond motifs is 1. The van der Waals surface area contributed by atoms with Gasteiger partial charge in [-0.15, -0.1) is 0 Å². The van der Waals surface area contributed by atoms with E-state index in [-0.39, 0.29) is 52.8 Å². The molecule has 0 aromatic heterocycles. The second-order valence-electron chi connectivity index (χ2n) is 4.95. The van der Waals surface area contributed by atoms with Crippen LogP contribution >= 0.6 is 0 Å². The van der Waals surface area contributed by atoms with E-state index in [4.69, 9.17) is 4.65 Å². The zero-order chi connectivity index (χ0) is 15.2. The van der Waals surface area contributed by atoms with Gasteiger partial charge in [0, 0.05) is 44.7 Å². The predicted molar refractivity (Wildman–Crippen MR) is 94.7 cm³/mol. The van der Waals surface area contributed by atoms with Gasteiger partial charge in [0.1, 0.15) is 0 Å². The SMILES string of the molecule is CB1OCc2ccc(CC(=O)c3ccccc3)cc21.CC.[CH3-].[Y]. The first-order chi connectivity index (χ1) is 10.2. The van der Waals surface area contributed by atoms with Crippen molar-refractivity contribution in [3.05, 3.63) is 72.6 Å². The number of benzene rings is 2. The van der Waals surface area contributed by atoms with Crippen LogP contribution in [0.3, 0.4) is 0 Å². The number of carbonyl (C=O) groups is 1. The van der Waals surface area contributed by atoms with Crippen LogP contribution in [-0.4, -0.2) is 12.7 Å². The van der Waals surface area contributed by atoms with E-state index in [0.717, 1.165) is 11.1 Å². The molecular formula is C19H24BO2Y-. The molecule has 0 atom stereocenters. The molecule has 23 heavy (non-hydrogen) atoms. The van der Waals surface area contributed by atoms with Crippen LogP contribution in [0.1, 0.15) is 35.3 Å². The van der Waals surface area contributed by atoms with Gasteiger partial charge < -0.3 is 12.1 Å². The molecule has 0 amide bonds. The molecule has 1 heterocycles. The Morgan fingerprint density at radius 3 is 2.43 bits per heavy atom. The summed E-state index contributed by atoms with van der Waals surface area (Å²) >= 11 is 0. The van der Waals surface area contributed by atoms with Gasteiger partial charge >= 0.3 is 6.92 Å². The molecule has 1 aliphatic heterocycles. The summed E-state index contributed by atoms with van der Waals surface area (Å²) in [6.07, 6.45) is 0.448. The monoisotopic (exact) mass is 384 g/mol. The van der Waals surface area contributed by atoms with Gasteiger partial charge in [-0.3, -0.25) is 4.79 Å². The van der Waals surface area contributed by atoms with Gasteiger partial charge in [0.05, 0.1) is 6.61 Å². The van der Waals surface area contributed by atoms with Crippen LogP contribution in [0, 0.1) is 7.43 Å². The van der Waals surface area contributed by atoms with E-state index >= 15 is 0 Å². The molecule has 2 aromatic rings. The van der Waals surface area contributed by atoms with Gasteiger partial charge in [-0.1, -0.05) is 69.2 Å². The van der Waals surface area contributed by atoms with Crippen LogP contribution in [0.2, 0.25) is 6.82 Å². The van der Waals surface area contributed by atoms with E-state index in [1.54, 1.807) is 0 Å². The number of rotatable bonds is 3. The topological polar surface area (TPSA) is 26.3 Å². The molecule has 1 radical (unpaired) electrons. The van der Waals surface area contributed by atoms with Gasteiger partial charge in [-0.25, -0.2) is 0 Å². The first-order valence-corrected chi connectivity index (χ1v) is 7.55. The predicted octanol–water partition coefficient (Wildman–Crippen LogP) is 3.94. The number of ketones is 1. The molecule has 0 spiro atoms. The number of hydrogen-bond donors (Lipinski definition) is 0. The molecule has 3 rings (SSSR count). The minimum atomic E-state index is 0. The molecule has 2 nitrogen and oxygen atoms in total. The minimum absolute atomic E-state index is 0. The Bertz CT molecular complexity index is 614. The van der Waals surface area contributed by atoms with Crippen LogP contribution in [-0.2, 0) is 50.4 Å². The maximum atomic E-state index is 12.2. The van der Waals surface area contributed by atoms with Crippen molar-refractivity contribution >= 4 is 18.2 Å². The summed E-state index contributed by atoms with van der Waals surface area (Å²) in [6, 6.07) is 15.6. The first-order valence-electron chi connectivity index (χ1n) is 7.55. The van der Waals surface area contributed by atoms with E-state index in [1.807, 2.05) is 50.2 Å². The molecule has 0 unspecified atom stereocenters. The Labute approximate surface area is 166 Å². The molecular weight excluding hydrogens is 360 g/mol. The Morgan fingerprint density at radius 2 is 1.78 bits per heavy atom. The fourth-order valence-corrected chi connectivity index (χ4v) is 2.48. The van der Waals surface area contributed by atoms with E-state index in [0.29, 0.717) is 13.0 Å². The molecule has 0 aliphatic carbocycles. The van der Waals surface area contributed by atoms with Gasteiger partial charge in [-0.2, -0.15) is 0 Å². The van der Waals surface area contributed by atoms with Gasteiger partial charge in [-0.05, 0) is 16.6 Å². The maximum Gasteiger partial charge on any atom is 0.324 e. The molecule has 0 saturated carbocycles. The van der Waals surface area contributed by atoms with E-state index in [2.05, 4.69) is 19.0 Å². The van der Waals surface area contributed by atoms with Crippen LogP contribution in [0.15, 0.2) is 48.5 Å². The molecule has 0 N–H and O–H groups in total. The summed E-state index contributed by atoms with van der Waals surface area (Å²) in [5, 5.41) is 0. The number of hydrogen-bond acceptors (Lipinski definition) is 2. The van der Waals surface area contributed by atoms with E-state index in [9.17, 15) is 4.79 Å². The fraction of sp³-hybridized carbons (Fsp3) is 0.263. The maximum absolute atomic E-state index is 12.2. The first kappa shape index (κ1) is 22.2. The number of Topliss-reactive ketones (excluding diaryl/α,β-unsaturated/α-hetero) is 1. The Kier molecular flexibility index (Phi) is 10.5. The summed E-state index contributed by atoms with van der Waals surface area (Å²) < 4.78 is 5.58. The van der Waals surface area contributed by atoms with Crippen LogP contribution in [0.25, 0.3) is 0 Å². The quantitative estimate of drug-likeness (QED) is 0.455. The molecule has 0 bridgehead atoms. The van der Waals surface area contributed by atoms with Crippen LogP contribution in [0.4, 0.5) is 0 Å². The normalized spacial score (nSPS) is 11.3. The third-order valence-corrected chi connectivity index (χ3v) is 3.60. The summed E-state index contributed by atoms with van der Waals surface area (Å²) in [5.41, 5.74) is 4.29. The summed E-state index contributed by atoms with van der Waals surface area (Å²) in [7, 11) is 0. The number of carbonyl (C=O) groups excluding carboxylic acids is 1. The van der Waals surface area contributed by atoms with E-state index < -0.39 is 0 Å². The average Bonchev–Trinajstić information content (AvgIpc) is 2.91. The Balaban J connectivity index is 0.00000117. The van der Waals surface area contributed by atoms with Gasteiger partial charge in [0.15, 0.2) is 5.78 Å². The van der Waals surface area contributed by atoms with Crippen molar-refractivity contribution in [2.24, 2.45) is 0 Å². The smallest absolute Gasteiger partial charge is 0.324 e.